The highest BCUT2D eigenvalue weighted by molar-refractivity contribution is 5.81. The summed E-state index contributed by atoms with van der Waals surface area (Å²) in [6, 6.07) is 5.88. The summed E-state index contributed by atoms with van der Waals surface area (Å²) in [6.45, 7) is 0.380. The zero-order valence-electron chi connectivity index (χ0n) is 10.6. The molecule has 6 nitrogen and oxygen atoms in total. The normalized spacial score (nSPS) is 11.8. The van der Waals surface area contributed by atoms with Gasteiger partial charge in [-0.05, 0) is 30.5 Å². The minimum Gasteiger partial charge on any atom is -0.508 e. The fourth-order valence-electron chi connectivity index (χ4n) is 1.58. The van der Waals surface area contributed by atoms with Crippen LogP contribution in [-0.4, -0.2) is 29.5 Å². The zero-order valence-corrected chi connectivity index (χ0v) is 10.6. The molecule has 1 rings (SSSR count). The fourth-order valence-corrected chi connectivity index (χ4v) is 1.58. The maximum Gasteiger partial charge on any atom is 0.237 e. The molecule has 6 N–H and O–H groups in total. The van der Waals surface area contributed by atoms with Gasteiger partial charge < -0.3 is 21.9 Å². The second-order valence-corrected chi connectivity index (χ2v) is 4.34. The van der Waals surface area contributed by atoms with Crippen molar-refractivity contribution in [3.05, 3.63) is 29.8 Å². The Morgan fingerprint density at radius 2 is 1.89 bits per heavy atom. The molecule has 0 aliphatic heterocycles. The molecule has 1 aromatic rings. The largest absolute Gasteiger partial charge is 0.508 e. The highest BCUT2D eigenvalue weighted by Crippen LogP contribution is 2.10. The Bertz CT molecular complexity index is 431. The van der Waals surface area contributed by atoms with Crippen LogP contribution in [0.4, 0.5) is 0 Å². The van der Waals surface area contributed by atoms with E-state index >= 15 is 0 Å². The highest BCUT2D eigenvalue weighted by Gasteiger charge is 2.13. The molecule has 0 fully saturated rings. The molecule has 104 valence electrons. The second-order valence-electron chi connectivity index (χ2n) is 4.34. The number of benzene rings is 1. The van der Waals surface area contributed by atoms with Crippen LogP contribution in [-0.2, 0) is 16.0 Å². The maximum atomic E-state index is 11.7. The van der Waals surface area contributed by atoms with Gasteiger partial charge >= 0.3 is 0 Å². The summed E-state index contributed by atoms with van der Waals surface area (Å²) in [7, 11) is 0. The molecular formula is C13H19N3O3. The average Bonchev–Trinajstić information content (AvgIpc) is 2.36. The van der Waals surface area contributed by atoms with Gasteiger partial charge in [0.1, 0.15) is 5.75 Å². The first-order chi connectivity index (χ1) is 8.99. The number of amides is 2. The summed E-state index contributed by atoms with van der Waals surface area (Å²) in [6.07, 6.45) is 1.14. The Balaban J connectivity index is 2.32. The van der Waals surface area contributed by atoms with Gasteiger partial charge in [-0.15, -0.1) is 0 Å². The number of rotatable bonds is 7. The van der Waals surface area contributed by atoms with Gasteiger partial charge in [-0.2, -0.15) is 0 Å². The van der Waals surface area contributed by atoms with Crippen LogP contribution >= 0.6 is 0 Å². The number of carbonyl (C=O) groups excluding carboxylic acids is 2. The van der Waals surface area contributed by atoms with E-state index in [0.29, 0.717) is 19.4 Å². The number of nitrogens with two attached hydrogens (primary N) is 2. The lowest BCUT2D eigenvalue weighted by atomic mass is 10.1. The number of hydrogen-bond acceptors (Lipinski definition) is 4. The van der Waals surface area contributed by atoms with Crippen LogP contribution < -0.4 is 16.8 Å². The fraction of sp³-hybridized carbons (Fsp3) is 0.385. The summed E-state index contributed by atoms with van der Waals surface area (Å²) in [5, 5.41) is 11.8. The van der Waals surface area contributed by atoms with Crippen molar-refractivity contribution in [1.29, 1.82) is 0 Å². The topological polar surface area (TPSA) is 118 Å². The van der Waals surface area contributed by atoms with Gasteiger partial charge in [-0.3, -0.25) is 9.59 Å². The van der Waals surface area contributed by atoms with Crippen LogP contribution in [0.25, 0.3) is 0 Å². The minimum atomic E-state index is -0.655. The first-order valence-corrected chi connectivity index (χ1v) is 6.08. The van der Waals surface area contributed by atoms with Crippen LogP contribution in [0, 0.1) is 0 Å². The van der Waals surface area contributed by atoms with Crippen molar-refractivity contribution in [2.24, 2.45) is 11.5 Å². The van der Waals surface area contributed by atoms with Gasteiger partial charge in [0.15, 0.2) is 0 Å². The number of carbonyl (C=O) groups is 2. The van der Waals surface area contributed by atoms with Crippen molar-refractivity contribution < 1.29 is 14.7 Å². The standard InChI is InChI=1S/C13H19N3O3/c14-11(8-9-3-5-10(17)6-4-9)13(19)16-7-1-2-12(15)18/h3-6,11,17H,1-2,7-8,14H2,(H2,15,18)(H,16,19)/t11-/m0/s1. The summed E-state index contributed by atoms with van der Waals surface area (Å²) >= 11 is 0. The number of hydrogen-bond donors (Lipinski definition) is 4. The molecule has 6 heteroatoms. The van der Waals surface area contributed by atoms with E-state index in [0.717, 1.165) is 5.56 Å². The first kappa shape index (κ1) is 15.0. The molecule has 0 spiro atoms. The lowest BCUT2D eigenvalue weighted by molar-refractivity contribution is -0.123. The van der Waals surface area contributed by atoms with Gasteiger partial charge in [0.05, 0.1) is 6.04 Å². The number of phenols is 1. The molecule has 0 heterocycles. The third-order valence-electron chi connectivity index (χ3n) is 2.63. The van der Waals surface area contributed by atoms with Crippen molar-refractivity contribution in [2.45, 2.75) is 25.3 Å². The average molecular weight is 265 g/mol. The van der Waals surface area contributed by atoms with E-state index in [4.69, 9.17) is 16.6 Å². The smallest absolute Gasteiger partial charge is 0.237 e. The minimum absolute atomic E-state index is 0.174. The van der Waals surface area contributed by atoms with E-state index in [1.165, 1.54) is 0 Å². The zero-order chi connectivity index (χ0) is 14.3. The van der Waals surface area contributed by atoms with Crippen LogP contribution in [0.2, 0.25) is 0 Å². The third kappa shape index (κ3) is 5.87. The lowest BCUT2D eigenvalue weighted by Gasteiger charge is -2.12. The Morgan fingerprint density at radius 3 is 2.47 bits per heavy atom. The van der Waals surface area contributed by atoms with Crippen molar-refractivity contribution in [1.82, 2.24) is 5.32 Å². The SMILES string of the molecule is NC(=O)CCCNC(=O)[C@@H](N)Cc1ccc(O)cc1. The van der Waals surface area contributed by atoms with E-state index in [9.17, 15) is 9.59 Å². The Hall–Kier alpha value is -2.08. The van der Waals surface area contributed by atoms with E-state index in [2.05, 4.69) is 5.32 Å². The van der Waals surface area contributed by atoms with Crippen molar-refractivity contribution in [3.63, 3.8) is 0 Å². The van der Waals surface area contributed by atoms with Crippen LogP contribution in [0.5, 0.6) is 5.75 Å². The maximum absolute atomic E-state index is 11.7. The Kier molecular flexibility index (Phi) is 5.81. The molecule has 0 radical (unpaired) electrons. The second kappa shape index (κ2) is 7.38. The summed E-state index contributed by atoms with van der Waals surface area (Å²) in [5.41, 5.74) is 11.6. The van der Waals surface area contributed by atoms with E-state index in [-0.39, 0.29) is 24.0 Å². The van der Waals surface area contributed by atoms with Gasteiger partial charge in [0, 0.05) is 13.0 Å². The molecule has 19 heavy (non-hydrogen) atoms. The van der Waals surface area contributed by atoms with Crippen molar-refractivity contribution in [3.8, 4) is 5.75 Å². The highest BCUT2D eigenvalue weighted by atomic mass is 16.3. The molecule has 0 aliphatic rings. The van der Waals surface area contributed by atoms with E-state index in [1.54, 1.807) is 24.3 Å². The number of nitrogens with one attached hydrogen (secondary N) is 1. The Morgan fingerprint density at radius 1 is 1.26 bits per heavy atom. The molecular weight excluding hydrogens is 246 g/mol. The monoisotopic (exact) mass is 265 g/mol. The molecule has 0 aliphatic carbocycles. The van der Waals surface area contributed by atoms with Crippen molar-refractivity contribution >= 4 is 11.8 Å². The number of phenolic OH excluding ortho intramolecular Hbond substituents is 1. The molecule has 0 bridgehead atoms. The summed E-state index contributed by atoms with van der Waals surface area (Å²) < 4.78 is 0. The third-order valence-corrected chi connectivity index (χ3v) is 2.63. The van der Waals surface area contributed by atoms with Crippen LogP contribution in [0.1, 0.15) is 18.4 Å². The lowest BCUT2D eigenvalue weighted by Crippen LogP contribution is -2.42. The van der Waals surface area contributed by atoms with E-state index in [1.807, 2.05) is 0 Å². The van der Waals surface area contributed by atoms with Crippen LogP contribution in [0.3, 0.4) is 0 Å². The molecule has 0 aromatic heterocycles. The molecule has 1 atom stereocenters. The molecule has 0 saturated carbocycles. The summed E-state index contributed by atoms with van der Waals surface area (Å²) in [4.78, 5) is 22.2. The number of aromatic hydroxyl groups is 1. The van der Waals surface area contributed by atoms with Crippen molar-refractivity contribution in [2.75, 3.05) is 6.54 Å². The first-order valence-electron chi connectivity index (χ1n) is 6.08. The quantitative estimate of drug-likeness (QED) is 0.503. The van der Waals surface area contributed by atoms with Gasteiger partial charge in [-0.25, -0.2) is 0 Å². The molecule has 0 saturated heterocycles. The number of primary amides is 1. The Labute approximate surface area is 111 Å². The molecule has 0 unspecified atom stereocenters. The predicted octanol–water partition coefficient (Wildman–Crippen LogP) is -0.356. The van der Waals surface area contributed by atoms with Crippen LogP contribution in [0.15, 0.2) is 24.3 Å². The molecule has 1 aromatic carbocycles. The predicted molar refractivity (Wildman–Crippen MR) is 71.2 cm³/mol. The summed E-state index contributed by atoms with van der Waals surface area (Å²) in [5.74, 6) is -0.478. The van der Waals surface area contributed by atoms with Gasteiger partial charge in [-0.1, -0.05) is 12.1 Å². The van der Waals surface area contributed by atoms with E-state index < -0.39 is 6.04 Å². The molecule has 2 amide bonds. The van der Waals surface area contributed by atoms with Gasteiger partial charge in [0.2, 0.25) is 11.8 Å². The van der Waals surface area contributed by atoms with Gasteiger partial charge in [0.25, 0.3) is 0 Å².